The Morgan fingerprint density at radius 2 is 1.02 bits per heavy atom. The van der Waals surface area contributed by atoms with Crippen LogP contribution in [0.4, 0.5) is 0 Å². The zero-order valence-corrected chi connectivity index (χ0v) is 26.7. The van der Waals surface area contributed by atoms with Crippen LogP contribution in [0.1, 0.15) is 130 Å². The van der Waals surface area contributed by atoms with E-state index in [1.165, 1.54) is 24.3 Å². The monoisotopic (exact) mass is 610 g/mol. The molecule has 44 heavy (non-hydrogen) atoms. The second-order valence-electron chi connectivity index (χ2n) is 11.3. The number of nitrogens with one attached hydrogen (secondary N) is 4. The van der Waals surface area contributed by atoms with Gasteiger partial charge < -0.3 is 10.2 Å². The van der Waals surface area contributed by atoms with E-state index in [2.05, 4.69) is 42.5 Å². The first-order chi connectivity index (χ1) is 21.1. The predicted molar refractivity (Wildman–Crippen MR) is 171 cm³/mol. The van der Waals surface area contributed by atoms with Crippen molar-refractivity contribution in [1.29, 1.82) is 0 Å². The number of hydrogen-bond acceptors (Lipinski definition) is 6. The van der Waals surface area contributed by atoms with E-state index < -0.39 is 29.0 Å². The SMILES string of the molecule is CCCCCCCC(CC)(C(=O)NNC(=O)c1ccc(CCCC)cc1O)C(=O)NNC(=O)c1ccc(CCCC)cc1O. The van der Waals surface area contributed by atoms with Gasteiger partial charge in [-0.2, -0.15) is 0 Å². The van der Waals surface area contributed by atoms with Crippen LogP contribution in [0.3, 0.4) is 0 Å². The molecule has 0 aliphatic heterocycles. The van der Waals surface area contributed by atoms with Crippen LogP contribution in [0, 0.1) is 5.41 Å². The molecule has 0 unspecified atom stereocenters. The highest BCUT2D eigenvalue weighted by Crippen LogP contribution is 2.30. The first-order valence-electron chi connectivity index (χ1n) is 16.0. The van der Waals surface area contributed by atoms with Crippen molar-refractivity contribution in [3.8, 4) is 11.5 Å². The molecule has 0 fully saturated rings. The number of carbonyl (C=O) groups is 4. The fourth-order valence-electron chi connectivity index (χ4n) is 5.07. The van der Waals surface area contributed by atoms with Crippen molar-refractivity contribution in [1.82, 2.24) is 21.7 Å². The van der Waals surface area contributed by atoms with Gasteiger partial charge in [0.25, 0.3) is 23.6 Å². The summed E-state index contributed by atoms with van der Waals surface area (Å²) in [7, 11) is 0. The fourth-order valence-corrected chi connectivity index (χ4v) is 5.07. The van der Waals surface area contributed by atoms with Crippen molar-refractivity contribution in [3.05, 3.63) is 58.7 Å². The molecule has 0 aliphatic rings. The molecule has 0 spiro atoms. The third kappa shape index (κ3) is 10.3. The smallest absolute Gasteiger partial charge is 0.273 e. The maximum atomic E-state index is 13.5. The molecule has 10 nitrogen and oxygen atoms in total. The number of aryl methyl sites for hydroxylation is 2. The van der Waals surface area contributed by atoms with E-state index >= 15 is 0 Å². The van der Waals surface area contributed by atoms with E-state index in [9.17, 15) is 29.4 Å². The summed E-state index contributed by atoms with van der Waals surface area (Å²) in [5.41, 5.74) is 9.57. The summed E-state index contributed by atoms with van der Waals surface area (Å²) >= 11 is 0. The molecule has 0 aromatic heterocycles. The minimum absolute atomic E-state index is 0.00977. The summed E-state index contributed by atoms with van der Waals surface area (Å²) in [6, 6.07) is 9.57. The molecule has 2 rings (SSSR count). The topological polar surface area (TPSA) is 157 Å². The molecule has 0 heterocycles. The Kier molecular flexibility index (Phi) is 15.2. The summed E-state index contributed by atoms with van der Waals surface area (Å²) < 4.78 is 0. The van der Waals surface area contributed by atoms with Gasteiger partial charge >= 0.3 is 0 Å². The Morgan fingerprint density at radius 1 is 0.591 bits per heavy atom. The van der Waals surface area contributed by atoms with Gasteiger partial charge in [0.1, 0.15) is 16.9 Å². The van der Waals surface area contributed by atoms with Gasteiger partial charge in [0, 0.05) is 0 Å². The van der Waals surface area contributed by atoms with Crippen LogP contribution in [0.25, 0.3) is 0 Å². The van der Waals surface area contributed by atoms with Gasteiger partial charge in [-0.1, -0.05) is 84.8 Å². The minimum Gasteiger partial charge on any atom is -0.507 e. The molecule has 0 aliphatic carbocycles. The van der Waals surface area contributed by atoms with E-state index in [1.54, 1.807) is 19.1 Å². The second-order valence-corrected chi connectivity index (χ2v) is 11.3. The first-order valence-corrected chi connectivity index (χ1v) is 16.0. The maximum absolute atomic E-state index is 13.5. The lowest BCUT2D eigenvalue weighted by atomic mass is 9.78. The van der Waals surface area contributed by atoms with Crippen LogP contribution in [-0.2, 0) is 22.4 Å². The average Bonchev–Trinajstić information content (AvgIpc) is 3.02. The van der Waals surface area contributed by atoms with Gasteiger partial charge in [0.05, 0.1) is 11.1 Å². The lowest BCUT2D eigenvalue weighted by Crippen LogP contribution is -2.58. The van der Waals surface area contributed by atoms with Crippen LogP contribution in [0.2, 0.25) is 0 Å². The molecule has 242 valence electrons. The van der Waals surface area contributed by atoms with E-state index in [1.807, 2.05) is 0 Å². The van der Waals surface area contributed by atoms with Gasteiger partial charge in [-0.25, -0.2) is 0 Å². The fraction of sp³-hybridized carbons (Fsp3) is 0.529. The molecule has 10 heteroatoms. The normalized spacial score (nSPS) is 11.1. The lowest BCUT2D eigenvalue weighted by molar-refractivity contribution is -0.145. The van der Waals surface area contributed by atoms with Crippen molar-refractivity contribution in [2.75, 3.05) is 0 Å². The van der Waals surface area contributed by atoms with Gasteiger partial charge in [-0.15, -0.1) is 0 Å². The Bertz CT molecular complexity index is 1180. The molecule has 2 aromatic rings. The van der Waals surface area contributed by atoms with Crippen LogP contribution in [-0.4, -0.2) is 33.8 Å². The lowest BCUT2D eigenvalue weighted by Gasteiger charge is -2.30. The number of phenols is 2. The molecule has 0 saturated carbocycles. The highest BCUT2D eigenvalue weighted by Gasteiger charge is 2.44. The molecule has 6 N–H and O–H groups in total. The number of hydrogen-bond donors (Lipinski definition) is 6. The van der Waals surface area contributed by atoms with Crippen LogP contribution in [0.5, 0.6) is 11.5 Å². The number of hydrazine groups is 2. The molecule has 0 bridgehead atoms. The van der Waals surface area contributed by atoms with Crippen molar-refractivity contribution in [2.45, 2.75) is 111 Å². The molecular weight excluding hydrogens is 560 g/mol. The number of rotatable bonds is 17. The van der Waals surface area contributed by atoms with E-state index in [4.69, 9.17) is 0 Å². The summed E-state index contributed by atoms with van der Waals surface area (Å²) in [5, 5.41) is 20.8. The molecule has 2 aromatic carbocycles. The quantitative estimate of drug-likeness (QED) is 0.0759. The summed E-state index contributed by atoms with van der Waals surface area (Å²) in [6.07, 6.45) is 10.1. The Morgan fingerprint density at radius 3 is 1.41 bits per heavy atom. The predicted octanol–water partition coefficient (Wildman–Crippen LogP) is 5.76. The number of phenolic OH excluding ortho intramolecular Hbond substituents is 2. The number of benzene rings is 2. The molecular formula is C34H50N4O6. The van der Waals surface area contributed by atoms with Crippen LogP contribution in [0.15, 0.2) is 36.4 Å². The number of amides is 4. The maximum Gasteiger partial charge on any atom is 0.273 e. The Balaban J connectivity index is 2.15. The summed E-state index contributed by atoms with van der Waals surface area (Å²) in [4.78, 5) is 52.7. The number of carbonyl (C=O) groups excluding carboxylic acids is 4. The van der Waals surface area contributed by atoms with Crippen molar-refractivity contribution < 1.29 is 29.4 Å². The largest absolute Gasteiger partial charge is 0.507 e. The third-order valence-electron chi connectivity index (χ3n) is 8.01. The first kappa shape index (κ1) is 36.1. The van der Waals surface area contributed by atoms with Crippen molar-refractivity contribution in [2.24, 2.45) is 5.41 Å². The summed E-state index contributed by atoms with van der Waals surface area (Å²) in [5.74, 6) is -3.33. The average molecular weight is 611 g/mol. The second kappa shape index (κ2) is 18.6. The molecule has 4 amide bonds. The van der Waals surface area contributed by atoms with Gasteiger partial charge in [-0.05, 0) is 73.9 Å². The van der Waals surface area contributed by atoms with E-state index in [0.29, 0.717) is 6.42 Å². The van der Waals surface area contributed by atoms with Crippen LogP contribution < -0.4 is 21.7 Å². The van der Waals surface area contributed by atoms with Crippen molar-refractivity contribution >= 4 is 23.6 Å². The molecule has 0 saturated heterocycles. The third-order valence-corrected chi connectivity index (χ3v) is 8.01. The minimum atomic E-state index is -1.61. The van der Waals surface area contributed by atoms with Crippen molar-refractivity contribution in [3.63, 3.8) is 0 Å². The standard InChI is InChI=1S/C34H50N4O6/c1-5-9-12-13-14-21-34(8-4,32(43)37-35-30(41)26-19-17-24(15-10-6-2)22-28(26)39)33(44)38-36-31(42)27-20-18-25(16-11-7-3)23-29(27)40/h17-20,22-23,39-40H,5-16,21H2,1-4H3,(H,35,41)(H,36,42)(H,37,43)(H,38,44). The molecule has 0 atom stereocenters. The van der Waals surface area contributed by atoms with Gasteiger partial charge in [0.2, 0.25) is 0 Å². The molecule has 0 radical (unpaired) electrons. The zero-order chi connectivity index (χ0) is 32.5. The van der Waals surface area contributed by atoms with E-state index in [0.717, 1.165) is 75.3 Å². The van der Waals surface area contributed by atoms with Crippen LogP contribution >= 0.6 is 0 Å². The highest BCUT2D eigenvalue weighted by molar-refractivity contribution is 6.07. The zero-order valence-electron chi connectivity index (χ0n) is 26.7. The van der Waals surface area contributed by atoms with E-state index in [-0.39, 0.29) is 35.5 Å². The summed E-state index contributed by atoms with van der Waals surface area (Å²) in [6.45, 7) is 7.92. The number of aromatic hydroxyl groups is 2. The Labute approximate surface area is 261 Å². The van der Waals surface area contributed by atoms with Gasteiger partial charge in [-0.3, -0.25) is 40.9 Å². The van der Waals surface area contributed by atoms with Gasteiger partial charge in [0.15, 0.2) is 0 Å². The number of unbranched alkanes of at least 4 members (excludes halogenated alkanes) is 6. The Hall–Kier alpha value is -4.08. The highest BCUT2D eigenvalue weighted by atomic mass is 16.3.